The van der Waals surface area contributed by atoms with Gasteiger partial charge < -0.3 is 15.4 Å². The molecule has 0 aliphatic rings. The van der Waals surface area contributed by atoms with E-state index in [4.69, 9.17) is 4.74 Å². The number of ether oxygens (including phenoxy) is 1. The van der Waals surface area contributed by atoms with Gasteiger partial charge in [-0.3, -0.25) is 0 Å². The van der Waals surface area contributed by atoms with Crippen LogP contribution in [0.5, 0.6) is 0 Å². The van der Waals surface area contributed by atoms with Gasteiger partial charge >= 0.3 is 6.18 Å². The third kappa shape index (κ3) is 8.40. The molecule has 0 spiro atoms. The van der Waals surface area contributed by atoms with Crippen LogP contribution in [0.1, 0.15) is 25.0 Å². The highest BCUT2D eigenvalue weighted by Gasteiger charge is 2.29. The molecule has 0 aliphatic heterocycles. The summed E-state index contributed by atoms with van der Waals surface area (Å²) in [4.78, 5) is 4.36. The minimum Gasteiger partial charge on any atom is -0.383 e. The van der Waals surface area contributed by atoms with Crippen LogP contribution in [0.2, 0.25) is 0 Å². The lowest BCUT2D eigenvalue weighted by atomic mass is 10.1. The van der Waals surface area contributed by atoms with Crippen LogP contribution in [-0.2, 0) is 17.5 Å². The molecule has 0 aliphatic carbocycles. The van der Waals surface area contributed by atoms with Crippen LogP contribution >= 0.6 is 24.0 Å². The highest BCUT2D eigenvalue weighted by Crippen LogP contribution is 2.29. The van der Waals surface area contributed by atoms with E-state index in [1.165, 1.54) is 12.1 Å². The lowest BCUT2D eigenvalue weighted by molar-refractivity contribution is -0.137. The average Bonchev–Trinajstić information content (AvgIpc) is 2.45. The Kier molecular flexibility index (Phi) is 10.2. The van der Waals surface area contributed by atoms with Crippen LogP contribution in [-0.4, -0.2) is 32.3 Å². The SMILES string of the molecule is CCNC(=NCc1ccc(C(F)(F)F)cc1)NC(C)COC.I. The van der Waals surface area contributed by atoms with Crippen LogP contribution in [0.3, 0.4) is 0 Å². The third-order valence-corrected chi connectivity index (χ3v) is 2.85. The van der Waals surface area contributed by atoms with E-state index in [0.29, 0.717) is 31.2 Å². The monoisotopic (exact) mass is 445 g/mol. The number of methoxy groups -OCH3 is 1. The number of guanidine groups is 1. The zero-order chi connectivity index (χ0) is 16.6. The van der Waals surface area contributed by atoms with Gasteiger partial charge in [0.1, 0.15) is 0 Å². The summed E-state index contributed by atoms with van der Waals surface area (Å²) in [6.07, 6.45) is -4.31. The molecule has 1 atom stereocenters. The Morgan fingerprint density at radius 3 is 2.35 bits per heavy atom. The van der Waals surface area contributed by atoms with Crippen molar-refractivity contribution in [1.82, 2.24) is 10.6 Å². The van der Waals surface area contributed by atoms with Crippen molar-refractivity contribution in [3.8, 4) is 0 Å². The summed E-state index contributed by atoms with van der Waals surface area (Å²) in [5.41, 5.74) is 0.0589. The van der Waals surface area contributed by atoms with Crippen LogP contribution < -0.4 is 10.6 Å². The number of alkyl halides is 3. The van der Waals surface area contributed by atoms with Gasteiger partial charge in [0.15, 0.2) is 5.96 Å². The molecule has 0 bridgehead atoms. The Bertz CT molecular complexity index is 478. The van der Waals surface area contributed by atoms with E-state index in [1.807, 2.05) is 13.8 Å². The molecule has 0 amide bonds. The van der Waals surface area contributed by atoms with E-state index < -0.39 is 11.7 Å². The Labute approximate surface area is 151 Å². The van der Waals surface area contributed by atoms with Crippen molar-refractivity contribution in [2.24, 2.45) is 4.99 Å². The fourth-order valence-corrected chi connectivity index (χ4v) is 1.81. The van der Waals surface area contributed by atoms with Gasteiger partial charge in [0, 0.05) is 19.7 Å². The first-order valence-electron chi connectivity index (χ1n) is 7.06. The summed E-state index contributed by atoms with van der Waals surface area (Å²) in [7, 11) is 1.62. The molecule has 1 unspecified atom stereocenters. The molecule has 8 heteroatoms. The molecule has 0 radical (unpaired) electrons. The summed E-state index contributed by atoms with van der Waals surface area (Å²) in [5, 5.41) is 6.24. The van der Waals surface area contributed by atoms with Crippen molar-refractivity contribution < 1.29 is 17.9 Å². The van der Waals surface area contributed by atoms with Crippen LogP contribution in [0.4, 0.5) is 13.2 Å². The van der Waals surface area contributed by atoms with Gasteiger partial charge in [-0.15, -0.1) is 24.0 Å². The van der Waals surface area contributed by atoms with Crippen molar-refractivity contribution in [1.29, 1.82) is 0 Å². The number of halogens is 4. The van der Waals surface area contributed by atoms with E-state index in [1.54, 1.807) is 7.11 Å². The molecule has 0 heterocycles. The Balaban J connectivity index is 0.00000484. The van der Waals surface area contributed by atoms with Crippen LogP contribution in [0.25, 0.3) is 0 Å². The van der Waals surface area contributed by atoms with E-state index in [2.05, 4.69) is 15.6 Å². The number of nitrogens with one attached hydrogen (secondary N) is 2. The van der Waals surface area contributed by atoms with Crippen molar-refractivity contribution in [2.45, 2.75) is 32.6 Å². The highest BCUT2D eigenvalue weighted by molar-refractivity contribution is 14.0. The Morgan fingerprint density at radius 2 is 1.87 bits per heavy atom. The summed E-state index contributed by atoms with van der Waals surface area (Å²) in [6, 6.07) is 5.09. The fourth-order valence-electron chi connectivity index (χ4n) is 1.81. The van der Waals surface area contributed by atoms with E-state index in [-0.39, 0.29) is 30.0 Å². The lowest BCUT2D eigenvalue weighted by Gasteiger charge is -2.17. The predicted molar refractivity (Wildman–Crippen MR) is 96.1 cm³/mol. The highest BCUT2D eigenvalue weighted by atomic mass is 127. The number of nitrogens with zero attached hydrogens (tertiary/aromatic N) is 1. The molecule has 0 fully saturated rings. The third-order valence-electron chi connectivity index (χ3n) is 2.85. The molecular formula is C15H23F3IN3O. The maximum atomic E-state index is 12.5. The molecule has 0 saturated heterocycles. The van der Waals surface area contributed by atoms with Crippen LogP contribution in [0.15, 0.2) is 29.3 Å². The van der Waals surface area contributed by atoms with Crippen molar-refractivity contribution in [3.63, 3.8) is 0 Å². The maximum Gasteiger partial charge on any atom is 0.416 e. The molecule has 1 rings (SSSR count). The molecule has 1 aromatic rings. The summed E-state index contributed by atoms with van der Waals surface area (Å²) >= 11 is 0. The van der Waals surface area contributed by atoms with Crippen LogP contribution in [0, 0.1) is 0 Å². The minimum atomic E-state index is -4.31. The van der Waals surface area contributed by atoms with Crippen molar-refractivity contribution in [2.75, 3.05) is 20.3 Å². The lowest BCUT2D eigenvalue weighted by Crippen LogP contribution is -2.43. The second kappa shape index (κ2) is 10.7. The van der Waals surface area contributed by atoms with Gasteiger partial charge in [-0.1, -0.05) is 12.1 Å². The second-order valence-electron chi connectivity index (χ2n) is 4.89. The zero-order valence-corrected chi connectivity index (χ0v) is 15.7. The number of hydrogen-bond donors (Lipinski definition) is 2. The van der Waals surface area contributed by atoms with E-state index in [0.717, 1.165) is 12.1 Å². The maximum absolute atomic E-state index is 12.5. The first kappa shape index (κ1) is 22.0. The van der Waals surface area contributed by atoms with E-state index >= 15 is 0 Å². The summed E-state index contributed by atoms with van der Waals surface area (Å²) in [6.45, 7) is 5.42. The van der Waals surface area contributed by atoms with E-state index in [9.17, 15) is 13.2 Å². The average molecular weight is 445 g/mol. The number of aliphatic imine (C=N–C) groups is 1. The first-order valence-corrected chi connectivity index (χ1v) is 7.06. The molecule has 23 heavy (non-hydrogen) atoms. The Hall–Kier alpha value is -1.03. The molecule has 2 N–H and O–H groups in total. The normalized spacial score (nSPS) is 13.2. The molecular weight excluding hydrogens is 422 g/mol. The van der Waals surface area contributed by atoms with Gasteiger partial charge in [-0.2, -0.15) is 13.2 Å². The zero-order valence-electron chi connectivity index (χ0n) is 13.4. The Morgan fingerprint density at radius 1 is 1.26 bits per heavy atom. The quantitative estimate of drug-likeness (QED) is 0.401. The fraction of sp³-hybridized carbons (Fsp3) is 0.533. The van der Waals surface area contributed by atoms with Gasteiger partial charge in [0.25, 0.3) is 0 Å². The van der Waals surface area contributed by atoms with Gasteiger partial charge in [-0.05, 0) is 31.5 Å². The molecule has 4 nitrogen and oxygen atoms in total. The number of hydrogen-bond acceptors (Lipinski definition) is 2. The topological polar surface area (TPSA) is 45.7 Å². The van der Waals surface area contributed by atoms with Gasteiger partial charge in [0.05, 0.1) is 18.7 Å². The number of benzene rings is 1. The first-order chi connectivity index (χ1) is 10.4. The smallest absolute Gasteiger partial charge is 0.383 e. The molecule has 132 valence electrons. The second-order valence-corrected chi connectivity index (χ2v) is 4.89. The van der Waals surface area contributed by atoms with Gasteiger partial charge in [-0.25, -0.2) is 4.99 Å². The van der Waals surface area contributed by atoms with Crippen molar-refractivity contribution in [3.05, 3.63) is 35.4 Å². The molecule has 1 aromatic carbocycles. The number of rotatable bonds is 6. The molecule has 0 saturated carbocycles. The summed E-state index contributed by atoms with van der Waals surface area (Å²) < 4.78 is 42.5. The predicted octanol–water partition coefficient (Wildman–Crippen LogP) is 3.41. The molecule has 0 aromatic heterocycles. The minimum absolute atomic E-state index is 0. The summed E-state index contributed by atoms with van der Waals surface area (Å²) in [5.74, 6) is 0.604. The largest absolute Gasteiger partial charge is 0.416 e. The van der Waals surface area contributed by atoms with Gasteiger partial charge in [0.2, 0.25) is 0 Å². The standard InChI is InChI=1S/C15H22F3N3O.HI/c1-4-19-14(21-11(2)10-22-3)20-9-12-5-7-13(8-6-12)15(16,17)18;/h5-8,11H,4,9-10H2,1-3H3,(H2,19,20,21);1H. The van der Waals surface area contributed by atoms with Crippen molar-refractivity contribution >= 4 is 29.9 Å².